The highest BCUT2D eigenvalue weighted by Gasteiger charge is 2.51. The highest BCUT2D eigenvalue weighted by Crippen LogP contribution is 2.25. The van der Waals surface area contributed by atoms with E-state index in [0.717, 1.165) is 0 Å². The van der Waals surface area contributed by atoms with Gasteiger partial charge in [-0.2, -0.15) is 0 Å². The Morgan fingerprint density at radius 2 is 1.55 bits per heavy atom. The summed E-state index contributed by atoms with van der Waals surface area (Å²) >= 11 is 0. The Labute approximate surface area is 127 Å². The van der Waals surface area contributed by atoms with Crippen LogP contribution in [0.5, 0.6) is 0 Å². The molecule has 10 heteroatoms. The summed E-state index contributed by atoms with van der Waals surface area (Å²) in [6.45, 7) is -0.491. The minimum atomic E-state index is -1.27. The molecule has 0 amide bonds. The average molecular weight is 326 g/mol. The van der Waals surface area contributed by atoms with Gasteiger partial charge in [-0.15, -0.1) is 0 Å². The van der Waals surface area contributed by atoms with Gasteiger partial charge in [-0.3, -0.25) is 0 Å². The Morgan fingerprint density at radius 3 is 2.14 bits per heavy atom. The monoisotopic (exact) mass is 326 g/mol. The predicted molar refractivity (Wildman–Crippen MR) is 69.3 cm³/mol. The second-order valence-corrected chi connectivity index (χ2v) is 6.21. The van der Waals surface area contributed by atoms with Gasteiger partial charge in [0, 0.05) is 0 Å². The van der Waals surface area contributed by atoms with Crippen LogP contribution in [0.15, 0.2) is 0 Å². The lowest BCUT2D eigenvalue weighted by atomic mass is 9.84. The molecule has 10 atom stereocenters. The molecule has 2 rings (SSSR count). The number of aliphatic hydroxyl groups is 5. The molecule has 0 aromatic rings. The van der Waals surface area contributed by atoms with Crippen LogP contribution in [0.25, 0.3) is 0 Å². The summed E-state index contributed by atoms with van der Waals surface area (Å²) in [5.41, 5.74) is 11.4. The third-order valence-corrected chi connectivity index (χ3v) is 4.54. The van der Waals surface area contributed by atoms with Crippen molar-refractivity contribution in [3.63, 3.8) is 0 Å². The maximum absolute atomic E-state index is 10.1. The molecule has 2 aliphatic rings. The van der Waals surface area contributed by atoms with Crippen molar-refractivity contribution in [2.24, 2.45) is 0 Å². The Hall–Kier alpha value is -0.400. The molecule has 0 aromatic heterocycles. The lowest BCUT2D eigenvalue weighted by Crippen LogP contribution is -2.83. The standard InChI is InChI=1S/C12H25N3O7/c13-3-1-4(14)11(10(20)7(3)17)22-12-6(15)9(19)8(18)5(2-16)21-12/h3-12,16-20H,1-2,13-15H2/p+3/t3-,4+,5-,6-,7+,8-,9-,10-,11-,12-/m1/s1. The van der Waals surface area contributed by atoms with Gasteiger partial charge in [0.05, 0.1) is 13.0 Å². The zero-order valence-corrected chi connectivity index (χ0v) is 12.4. The molecule has 1 aliphatic carbocycles. The van der Waals surface area contributed by atoms with Gasteiger partial charge < -0.3 is 52.2 Å². The lowest BCUT2D eigenvalue weighted by molar-refractivity contribution is -0.531. The Bertz CT molecular complexity index is 375. The van der Waals surface area contributed by atoms with E-state index in [-0.39, 0.29) is 12.1 Å². The second kappa shape index (κ2) is 7.01. The Morgan fingerprint density at radius 1 is 0.909 bits per heavy atom. The molecule has 2 fully saturated rings. The van der Waals surface area contributed by atoms with E-state index in [2.05, 4.69) is 17.2 Å². The zero-order chi connectivity index (χ0) is 16.6. The number of aliphatic hydroxyl groups excluding tert-OH is 5. The summed E-state index contributed by atoms with van der Waals surface area (Å²) in [4.78, 5) is 0. The van der Waals surface area contributed by atoms with Gasteiger partial charge >= 0.3 is 0 Å². The van der Waals surface area contributed by atoms with Crippen molar-refractivity contribution in [1.82, 2.24) is 0 Å². The molecule has 1 heterocycles. The molecule has 1 aliphatic heterocycles. The summed E-state index contributed by atoms with van der Waals surface area (Å²) < 4.78 is 11.1. The highest BCUT2D eigenvalue weighted by atomic mass is 16.7. The van der Waals surface area contributed by atoms with E-state index in [1.165, 1.54) is 0 Å². The number of quaternary nitrogens is 3. The molecule has 0 unspecified atom stereocenters. The molecule has 10 nitrogen and oxygen atoms in total. The average Bonchev–Trinajstić information content (AvgIpc) is 2.49. The zero-order valence-electron chi connectivity index (χ0n) is 12.4. The molecule has 1 saturated carbocycles. The largest absolute Gasteiger partial charge is 0.394 e. The van der Waals surface area contributed by atoms with Crippen molar-refractivity contribution in [1.29, 1.82) is 0 Å². The van der Waals surface area contributed by atoms with Crippen molar-refractivity contribution in [2.75, 3.05) is 6.61 Å². The van der Waals surface area contributed by atoms with E-state index < -0.39 is 55.6 Å². The van der Waals surface area contributed by atoms with Crippen molar-refractivity contribution in [3.05, 3.63) is 0 Å². The van der Waals surface area contributed by atoms with Crippen LogP contribution < -0.4 is 17.2 Å². The van der Waals surface area contributed by atoms with Crippen LogP contribution in [-0.4, -0.2) is 93.2 Å². The van der Waals surface area contributed by atoms with Gasteiger partial charge in [-0.05, 0) is 0 Å². The van der Waals surface area contributed by atoms with Gasteiger partial charge in [-0.25, -0.2) is 0 Å². The summed E-state index contributed by atoms with van der Waals surface area (Å²) in [5, 5.41) is 49.0. The van der Waals surface area contributed by atoms with E-state index in [9.17, 15) is 25.5 Å². The summed E-state index contributed by atoms with van der Waals surface area (Å²) in [7, 11) is 0. The molecule has 14 N–H and O–H groups in total. The fourth-order valence-corrected chi connectivity index (χ4v) is 3.03. The van der Waals surface area contributed by atoms with Crippen LogP contribution in [0.2, 0.25) is 0 Å². The van der Waals surface area contributed by atoms with Gasteiger partial charge in [0.1, 0.15) is 48.7 Å². The molecular formula is C12H28N3O7+3. The van der Waals surface area contributed by atoms with Crippen LogP contribution >= 0.6 is 0 Å². The van der Waals surface area contributed by atoms with Gasteiger partial charge in [-0.1, -0.05) is 0 Å². The van der Waals surface area contributed by atoms with E-state index >= 15 is 0 Å². The van der Waals surface area contributed by atoms with Gasteiger partial charge in [0.2, 0.25) is 6.29 Å². The predicted octanol–water partition coefficient (Wildman–Crippen LogP) is -7.23. The van der Waals surface area contributed by atoms with E-state index in [1.807, 2.05) is 0 Å². The minimum Gasteiger partial charge on any atom is -0.394 e. The summed E-state index contributed by atoms with van der Waals surface area (Å²) in [5.74, 6) is 0. The number of rotatable bonds is 3. The van der Waals surface area contributed by atoms with Crippen LogP contribution in [0.4, 0.5) is 0 Å². The first-order valence-electron chi connectivity index (χ1n) is 7.41. The summed E-state index contributed by atoms with van der Waals surface area (Å²) in [6.07, 6.45) is -7.12. The second-order valence-electron chi connectivity index (χ2n) is 6.21. The molecule has 22 heavy (non-hydrogen) atoms. The molecule has 0 bridgehead atoms. The maximum atomic E-state index is 10.1. The van der Waals surface area contributed by atoms with E-state index in [1.54, 1.807) is 0 Å². The Kier molecular flexibility index (Phi) is 5.72. The van der Waals surface area contributed by atoms with Gasteiger partial charge in [0.25, 0.3) is 0 Å². The summed E-state index contributed by atoms with van der Waals surface area (Å²) in [6, 6.07) is -1.49. The van der Waals surface area contributed by atoms with Crippen molar-refractivity contribution >= 4 is 0 Å². The first-order chi connectivity index (χ1) is 10.3. The molecule has 0 radical (unpaired) electrons. The van der Waals surface area contributed by atoms with Crippen molar-refractivity contribution in [2.45, 2.75) is 67.5 Å². The molecule has 0 aromatic carbocycles. The number of ether oxygens (including phenoxy) is 2. The normalized spacial score (nSPS) is 53.5. The molecule has 1 saturated heterocycles. The number of hydrogen-bond donors (Lipinski definition) is 8. The SMILES string of the molecule is [NH3+][C@H]1[C@@H](O[C@H]2[C@H](O)[C@@H](O)[C@H]([NH3+])C[C@@H]2[NH3+])O[C@H](CO)[C@@H](O)[C@@H]1O. The first kappa shape index (κ1) is 17.9. The van der Waals surface area contributed by atoms with Crippen molar-refractivity contribution < 1.29 is 52.2 Å². The molecule has 130 valence electrons. The highest BCUT2D eigenvalue weighted by molar-refractivity contribution is 4.94. The number of hydrogen-bond acceptors (Lipinski definition) is 7. The van der Waals surface area contributed by atoms with Crippen LogP contribution in [-0.2, 0) is 9.47 Å². The van der Waals surface area contributed by atoms with Crippen LogP contribution in [0.1, 0.15) is 6.42 Å². The third kappa shape index (κ3) is 3.26. The minimum absolute atomic E-state index is 0.326. The van der Waals surface area contributed by atoms with Gasteiger partial charge in [0.15, 0.2) is 6.04 Å². The molecular weight excluding hydrogens is 298 g/mol. The lowest BCUT2D eigenvalue weighted by Gasteiger charge is -2.42. The van der Waals surface area contributed by atoms with E-state index in [0.29, 0.717) is 6.42 Å². The van der Waals surface area contributed by atoms with Crippen LogP contribution in [0, 0.1) is 0 Å². The fourth-order valence-electron chi connectivity index (χ4n) is 3.03. The maximum Gasteiger partial charge on any atom is 0.214 e. The van der Waals surface area contributed by atoms with E-state index in [4.69, 9.17) is 9.47 Å². The quantitative estimate of drug-likeness (QED) is 0.251. The van der Waals surface area contributed by atoms with Crippen molar-refractivity contribution in [3.8, 4) is 0 Å². The molecule has 0 spiro atoms. The fraction of sp³-hybridized carbons (Fsp3) is 1.00. The first-order valence-corrected chi connectivity index (χ1v) is 7.41. The topological polar surface area (TPSA) is 203 Å². The third-order valence-electron chi connectivity index (χ3n) is 4.54. The smallest absolute Gasteiger partial charge is 0.214 e. The van der Waals surface area contributed by atoms with Crippen LogP contribution in [0.3, 0.4) is 0 Å². The Balaban J connectivity index is 2.08.